The molecule has 0 bridgehead atoms. The van der Waals surface area contributed by atoms with E-state index in [0.29, 0.717) is 0 Å². The van der Waals surface area contributed by atoms with Crippen molar-refractivity contribution in [3.63, 3.8) is 0 Å². The predicted molar refractivity (Wildman–Crippen MR) is 114 cm³/mol. The van der Waals surface area contributed by atoms with Crippen LogP contribution in [0.4, 0.5) is 0 Å². The molecule has 132 valence electrons. The van der Waals surface area contributed by atoms with Gasteiger partial charge in [0.25, 0.3) is 0 Å². The molecule has 28 heavy (non-hydrogen) atoms. The Kier molecular flexibility index (Phi) is 3.17. The van der Waals surface area contributed by atoms with E-state index >= 15 is 0 Å². The summed E-state index contributed by atoms with van der Waals surface area (Å²) in [4.78, 5) is 4.99. The van der Waals surface area contributed by atoms with Crippen LogP contribution in [0.25, 0.3) is 49.9 Å². The van der Waals surface area contributed by atoms with Gasteiger partial charge in [-0.1, -0.05) is 54.6 Å². The van der Waals surface area contributed by atoms with Gasteiger partial charge in [0.1, 0.15) is 11.4 Å². The lowest BCUT2D eigenvalue weighted by atomic mass is 10.1. The first-order valence-electron chi connectivity index (χ1n) is 9.32. The van der Waals surface area contributed by atoms with Crippen molar-refractivity contribution in [3.05, 3.63) is 97.3 Å². The fraction of sp³-hybridized carbons (Fsp3) is 0. The molecule has 0 fully saturated rings. The summed E-state index contributed by atoms with van der Waals surface area (Å²) in [5.74, 6) is 0.912. The molecule has 0 aliphatic heterocycles. The number of benzene rings is 3. The Balaban J connectivity index is 1.71. The third-order valence-corrected chi connectivity index (χ3v) is 5.30. The van der Waals surface area contributed by atoms with Crippen LogP contribution < -0.4 is 0 Å². The van der Waals surface area contributed by atoms with Gasteiger partial charge in [-0.25, -0.2) is 4.98 Å². The Morgan fingerprint density at radius 3 is 2.43 bits per heavy atom. The zero-order chi connectivity index (χ0) is 18.5. The highest BCUT2D eigenvalue weighted by Gasteiger charge is 2.16. The van der Waals surface area contributed by atoms with Crippen LogP contribution in [0.15, 0.2) is 102 Å². The van der Waals surface area contributed by atoms with E-state index in [-0.39, 0.29) is 0 Å². The van der Waals surface area contributed by atoms with Crippen LogP contribution in [0, 0.1) is 0 Å². The average Bonchev–Trinajstić information content (AvgIpc) is 3.36. The van der Waals surface area contributed by atoms with Crippen molar-refractivity contribution in [1.29, 1.82) is 0 Å². The average molecular weight is 360 g/mol. The van der Waals surface area contributed by atoms with E-state index in [4.69, 9.17) is 9.40 Å². The zero-order valence-electron chi connectivity index (χ0n) is 15.0. The molecule has 0 atom stereocenters. The molecule has 0 saturated heterocycles. The molecule has 0 N–H and O–H groups in total. The summed E-state index contributed by atoms with van der Waals surface area (Å²) in [7, 11) is 0. The molecule has 0 aliphatic rings. The van der Waals surface area contributed by atoms with Crippen molar-refractivity contribution in [2.45, 2.75) is 0 Å². The molecule has 3 heteroatoms. The predicted octanol–water partition coefficient (Wildman–Crippen LogP) is 6.59. The molecule has 3 aromatic carbocycles. The van der Waals surface area contributed by atoms with Crippen LogP contribution in [-0.4, -0.2) is 9.55 Å². The zero-order valence-corrected chi connectivity index (χ0v) is 15.0. The van der Waals surface area contributed by atoms with Crippen LogP contribution in [0.3, 0.4) is 0 Å². The first kappa shape index (κ1) is 15.2. The first-order chi connectivity index (χ1) is 13.9. The molecular weight excluding hydrogens is 344 g/mol. The summed E-state index contributed by atoms with van der Waals surface area (Å²) in [6.45, 7) is 0. The smallest absolute Gasteiger partial charge is 0.138 e. The quantitative estimate of drug-likeness (QED) is 0.349. The van der Waals surface area contributed by atoms with Crippen LogP contribution in [0.2, 0.25) is 0 Å². The van der Waals surface area contributed by atoms with Gasteiger partial charge in [0, 0.05) is 21.7 Å². The third kappa shape index (κ3) is 2.13. The number of nitrogens with zero attached hydrogens (tertiary/aromatic N) is 2. The van der Waals surface area contributed by atoms with Crippen molar-refractivity contribution < 1.29 is 4.42 Å². The van der Waals surface area contributed by atoms with E-state index < -0.39 is 0 Å². The number of hydrogen-bond acceptors (Lipinski definition) is 2. The molecule has 6 rings (SSSR count). The molecule has 0 aliphatic carbocycles. The van der Waals surface area contributed by atoms with E-state index in [9.17, 15) is 0 Å². The van der Waals surface area contributed by atoms with Crippen molar-refractivity contribution in [3.8, 4) is 17.1 Å². The summed E-state index contributed by atoms with van der Waals surface area (Å²) in [5.41, 5.74) is 5.26. The number of hydrogen-bond donors (Lipinski definition) is 0. The van der Waals surface area contributed by atoms with Gasteiger partial charge in [0.2, 0.25) is 0 Å². The van der Waals surface area contributed by atoms with Crippen molar-refractivity contribution >= 4 is 32.8 Å². The van der Waals surface area contributed by atoms with Gasteiger partial charge in [0.15, 0.2) is 0 Å². The van der Waals surface area contributed by atoms with E-state index in [1.54, 1.807) is 6.26 Å². The lowest BCUT2D eigenvalue weighted by Crippen LogP contribution is -1.98. The summed E-state index contributed by atoms with van der Waals surface area (Å²) in [6, 6.07) is 31.2. The molecule has 3 heterocycles. The van der Waals surface area contributed by atoms with E-state index in [1.807, 2.05) is 30.3 Å². The Morgan fingerprint density at radius 2 is 1.50 bits per heavy atom. The van der Waals surface area contributed by atoms with Gasteiger partial charge >= 0.3 is 0 Å². The molecule has 3 nitrogen and oxygen atoms in total. The highest BCUT2D eigenvalue weighted by molar-refractivity contribution is 6.20. The van der Waals surface area contributed by atoms with Crippen molar-refractivity contribution in [2.24, 2.45) is 0 Å². The van der Waals surface area contributed by atoms with Gasteiger partial charge in [-0.2, -0.15) is 0 Å². The minimum absolute atomic E-state index is 0.904. The normalized spacial score (nSPS) is 11.6. The molecule has 6 aromatic rings. The highest BCUT2D eigenvalue weighted by Crippen LogP contribution is 2.36. The van der Waals surface area contributed by atoms with Crippen molar-refractivity contribution in [1.82, 2.24) is 9.55 Å². The van der Waals surface area contributed by atoms with E-state index in [1.165, 1.54) is 10.8 Å². The molecule has 0 spiro atoms. The molecule has 0 amide bonds. The maximum Gasteiger partial charge on any atom is 0.138 e. The highest BCUT2D eigenvalue weighted by atomic mass is 16.3. The van der Waals surface area contributed by atoms with Crippen LogP contribution >= 0.6 is 0 Å². The van der Waals surface area contributed by atoms with Crippen molar-refractivity contribution in [2.75, 3.05) is 0 Å². The lowest BCUT2D eigenvalue weighted by molar-refractivity contribution is 0.616. The Labute approximate surface area is 161 Å². The van der Waals surface area contributed by atoms with E-state index in [0.717, 1.165) is 39.1 Å². The molecule has 0 saturated carbocycles. The first-order valence-corrected chi connectivity index (χ1v) is 9.32. The monoisotopic (exact) mass is 360 g/mol. The SMILES string of the molecule is c1ccc(-c2cccc(-n3c4ccccc4c4c5ccoc5ccc43)n2)cc1. The fourth-order valence-corrected chi connectivity index (χ4v) is 4.08. The molecule has 0 unspecified atom stereocenters. The van der Waals surface area contributed by atoms with Crippen LogP contribution in [-0.2, 0) is 0 Å². The maximum absolute atomic E-state index is 5.64. The number of fused-ring (bicyclic) bond motifs is 5. The standard InChI is InChI=1S/C25H16N2O/c1-2-7-17(8-3-1)20-10-6-12-24(26-20)27-21-11-5-4-9-18(21)25-19-15-16-28-23(19)14-13-22(25)27/h1-16H. The van der Waals surface area contributed by atoms with Gasteiger partial charge < -0.3 is 4.42 Å². The summed E-state index contributed by atoms with van der Waals surface area (Å²) in [5, 5.41) is 3.54. The minimum Gasteiger partial charge on any atom is -0.464 e. The number of pyridine rings is 1. The van der Waals surface area contributed by atoms with Crippen LogP contribution in [0.1, 0.15) is 0 Å². The number of para-hydroxylation sites is 1. The maximum atomic E-state index is 5.64. The van der Waals surface area contributed by atoms with Gasteiger partial charge in [0.05, 0.1) is 23.0 Å². The van der Waals surface area contributed by atoms with Gasteiger partial charge in [-0.3, -0.25) is 4.57 Å². The van der Waals surface area contributed by atoms with Gasteiger partial charge in [-0.05, 0) is 36.4 Å². The summed E-state index contributed by atoms with van der Waals surface area (Å²) < 4.78 is 7.88. The second-order valence-electron chi connectivity index (χ2n) is 6.89. The number of furan rings is 1. The topological polar surface area (TPSA) is 31.0 Å². The second-order valence-corrected chi connectivity index (χ2v) is 6.89. The number of rotatable bonds is 2. The Bertz CT molecular complexity index is 1460. The summed E-state index contributed by atoms with van der Waals surface area (Å²) in [6.07, 6.45) is 1.75. The molecule has 0 radical (unpaired) electrons. The van der Waals surface area contributed by atoms with E-state index in [2.05, 4.69) is 65.2 Å². The lowest BCUT2D eigenvalue weighted by Gasteiger charge is -2.09. The Morgan fingerprint density at radius 1 is 0.643 bits per heavy atom. The molecular formula is C25H16N2O. The third-order valence-electron chi connectivity index (χ3n) is 5.30. The molecule has 3 aromatic heterocycles. The fourth-order valence-electron chi connectivity index (χ4n) is 4.08. The minimum atomic E-state index is 0.904. The largest absolute Gasteiger partial charge is 0.464 e. The Hall–Kier alpha value is -3.85. The van der Waals surface area contributed by atoms with Gasteiger partial charge in [-0.15, -0.1) is 0 Å². The summed E-state index contributed by atoms with van der Waals surface area (Å²) >= 11 is 0. The second kappa shape index (κ2) is 5.83. The van der Waals surface area contributed by atoms with Crippen LogP contribution in [0.5, 0.6) is 0 Å². The number of aromatic nitrogens is 2.